The summed E-state index contributed by atoms with van der Waals surface area (Å²) < 4.78 is 33.2. The Kier molecular flexibility index (Phi) is 7.05. The maximum absolute atomic E-state index is 12.9. The number of amides is 1. The zero-order chi connectivity index (χ0) is 21.0. The molecule has 6 nitrogen and oxygen atoms in total. The first-order valence-electron chi connectivity index (χ1n) is 9.25. The first kappa shape index (κ1) is 21.9. The summed E-state index contributed by atoms with van der Waals surface area (Å²) in [6, 6.07) is 10.5. The van der Waals surface area contributed by atoms with Crippen LogP contribution in [0.3, 0.4) is 0 Å². The maximum Gasteiger partial charge on any atom is 0.261 e. The van der Waals surface area contributed by atoms with Crippen LogP contribution in [-0.2, 0) is 14.8 Å². The van der Waals surface area contributed by atoms with Crippen molar-refractivity contribution in [3.05, 3.63) is 58.1 Å². The number of nitrogens with zero attached hydrogens (tertiary/aromatic N) is 1. The molecule has 2 aromatic carbocycles. The second-order valence-electron chi connectivity index (χ2n) is 6.84. The highest BCUT2D eigenvalue weighted by molar-refractivity contribution is 7.92. The maximum atomic E-state index is 12.9. The van der Waals surface area contributed by atoms with Gasteiger partial charge in [0.05, 0.1) is 21.5 Å². The molecule has 1 fully saturated rings. The molecule has 1 aliphatic heterocycles. The van der Waals surface area contributed by atoms with Crippen LogP contribution in [-0.4, -0.2) is 45.5 Å². The smallest absolute Gasteiger partial charge is 0.261 e. The molecule has 9 heteroatoms. The molecule has 29 heavy (non-hydrogen) atoms. The molecule has 0 aliphatic carbocycles. The van der Waals surface area contributed by atoms with Gasteiger partial charge in [-0.15, -0.1) is 0 Å². The number of carbonyl (C=O) groups is 1. The number of rotatable bonds is 7. The largest absolute Gasteiger partial charge is 0.381 e. The third-order valence-corrected chi connectivity index (χ3v) is 6.85. The molecule has 1 saturated heterocycles. The van der Waals surface area contributed by atoms with Crippen molar-refractivity contribution in [2.75, 3.05) is 31.0 Å². The number of carbonyl (C=O) groups excluding carboxylic acids is 1. The number of hydrogen-bond acceptors (Lipinski definition) is 4. The van der Waals surface area contributed by atoms with E-state index in [1.807, 2.05) is 6.92 Å². The Morgan fingerprint density at radius 2 is 2.00 bits per heavy atom. The molecule has 0 radical (unpaired) electrons. The molecule has 1 amide bonds. The average Bonchev–Trinajstić information content (AvgIpc) is 3.20. The van der Waals surface area contributed by atoms with Crippen molar-refractivity contribution in [2.24, 2.45) is 5.92 Å². The molecule has 0 saturated carbocycles. The van der Waals surface area contributed by atoms with Crippen molar-refractivity contribution in [1.82, 2.24) is 4.90 Å². The van der Waals surface area contributed by atoms with E-state index >= 15 is 0 Å². The summed E-state index contributed by atoms with van der Waals surface area (Å²) >= 11 is 11.8. The van der Waals surface area contributed by atoms with E-state index in [9.17, 15) is 13.2 Å². The minimum atomic E-state index is -3.87. The van der Waals surface area contributed by atoms with Crippen molar-refractivity contribution in [3.63, 3.8) is 0 Å². The molecule has 1 unspecified atom stereocenters. The number of halogens is 2. The molecular formula is C20H22Cl2N2O4S. The van der Waals surface area contributed by atoms with Gasteiger partial charge in [0.2, 0.25) is 0 Å². The summed E-state index contributed by atoms with van der Waals surface area (Å²) in [5.41, 5.74) is 0.710. The highest BCUT2D eigenvalue weighted by Crippen LogP contribution is 2.26. The minimum Gasteiger partial charge on any atom is -0.381 e. The average molecular weight is 457 g/mol. The van der Waals surface area contributed by atoms with Gasteiger partial charge in [-0.2, -0.15) is 0 Å². The lowest BCUT2D eigenvalue weighted by atomic mass is 10.1. The van der Waals surface area contributed by atoms with Crippen molar-refractivity contribution >= 4 is 44.8 Å². The number of sulfonamides is 1. The summed E-state index contributed by atoms with van der Waals surface area (Å²) in [6.07, 6.45) is 0.938. The van der Waals surface area contributed by atoms with Crippen LogP contribution in [0.2, 0.25) is 10.0 Å². The van der Waals surface area contributed by atoms with Crippen LogP contribution in [0.1, 0.15) is 23.7 Å². The third kappa shape index (κ3) is 5.42. The lowest BCUT2D eigenvalue weighted by Gasteiger charge is -2.24. The Labute approximate surface area is 180 Å². The van der Waals surface area contributed by atoms with E-state index in [-0.39, 0.29) is 20.8 Å². The van der Waals surface area contributed by atoms with Gasteiger partial charge in [0.1, 0.15) is 0 Å². The van der Waals surface area contributed by atoms with Crippen LogP contribution >= 0.6 is 23.2 Å². The predicted molar refractivity (Wildman–Crippen MR) is 114 cm³/mol. The van der Waals surface area contributed by atoms with Crippen LogP contribution in [0.25, 0.3) is 0 Å². The monoisotopic (exact) mass is 456 g/mol. The minimum absolute atomic E-state index is 0.0138. The van der Waals surface area contributed by atoms with Gasteiger partial charge in [-0.3, -0.25) is 9.52 Å². The number of anilines is 1. The standard InChI is InChI=1S/C20H22Cl2N2O4S/c1-2-24(12-14-8-9-28-13-14)20(25)15-4-3-5-16(10-15)23-29(26,27)17-6-7-18(21)19(22)11-17/h3-7,10-11,14,23H,2,8-9,12-13H2,1H3. The molecule has 0 spiro atoms. The summed E-state index contributed by atoms with van der Waals surface area (Å²) in [7, 11) is -3.87. The fraction of sp³-hybridized carbons (Fsp3) is 0.350. The van der Waals surface area contributed by atoms with Crippen LogP contribution in [0.5, 0.6) is 0 Å². The molecule has 3 rings (SSSR count). The van der Waals surface area contributed by atoms with E-state index < -0.39 is 10.0 Å². The van der Waals surface area contributed by atoms with Crippen molar-refractivity contribution < 1.29 is 17.9 Å². The van der Waals surface area contributed by atoms with E-state index in [1.165, 1.54) is 24.3 Å². The van der Waals surface area contributed by atoms with Gasteiger partial charge in [0, 0.05) is 36.9 Å². The van der Waals surface area contributed by atoms with Crippen LogP contribution in [0.15, 0.2) is 47.4 Å². The van der Waals surface area contributed by atoms with Gasteiger partial charge < -0.3 is 9.64 Å². The normalized spacial score (nSPS) is 16.6. The summed E-state index contributed by atoms with van der Waals surface area (Å²) in [4.78, 5) is 14.7. The first-order chi connectivity index (χ1) is 13.8. The van der Waals surface area contributed by atoms with Crippen molar-refractivity contribution in [2.45, 2.75) is 18.2 Å². The van der Waals surface area contributed by atoms with E-state index in [2.05, 4.69) is 4.72 Å². The Bertz CT molecular complexity index is 992. The topological polar surface area (TPSA) is 75.7 Å². The molecule has 1 aliphatic rings. The molecule has 2 aromatic rings. The SMILES string of the molecule is CCN(CC1CCOC1)C(=O)c1cccc(NS(=O)(=O)c2ccc(Cl)c(Cl)c2)c1. The second-order valence-corrected chi connectivity index (χ2v) is 9.33. The van der Waals surface area contributed by atoms with E-state index in [0.717, 1.165) is 13.0 Å². The zero-order valence-corrected chi connectivity index (χ0v) is 18.2. The molecule has 156 valence electrons. The molecular weight excluding hydrogens is 435 g/mol. The van der Waals surface area contributed by atoms with Gasteiger partial charge in [-0.05, 0) is 49.7 Å². The zero-order valence-electron chi connectivity index (χ0n) is 15.9. The number of ether oxygens (including phenoxy) is 1. The molecule has 0 bridgehead atoms. The Morgan fingerprint density at radius 3 is 2.66 bits per heavy atom. The van der Waals surface area contributed by atoms with Crippen molar-refractivity contribution in [1.29, 1.82) is 0 Å². The third-order valence-electron chi connectivity index (χ3n) is 4.73. The van der Waals surface area contributed by atoms with Gasteiger partial charge in [0.15, 0.2) is 0 Å². The Morgan fingerprint density at radius 1 is 1.21 bits per heavy atom. The van der Waals surface area contributed by atoms with E-state index in [0.29, 0.717) is 36.9 Å². The van der Waals surface area contributed by atoms with E-state index in [1.54, 1.807) is 23.1 Å². The lowest BCUT2D eigenvalue weighted by Crippen LogP contribution is -2.35. The molecule has 1 N–H and O–H groups in total. The highest BCUT2D eigenvalue weighted by Gasteiger charge is 2.23. The summed E-state index contributed by atoms with van der Waals surface area (Å²) in [6.45, 7) is 4.49. The van der Waals surface area contributed by atoms with E-state index in [4.69, 9.17) is 27.9 Å². The van der Waals surface area contributed by atoms with Gasteiger partial charge >= 0.3 is 0 Å². The number of nitrogens with one attached hydrogen (secondary N) is 1. The number of hydrogen-bond donors (Lipinski definition) is 1. The first-order valence-corrected chi connectivity index (χ1v) is 11.5. The summed E-state index contributed by atoms with van der Waals surface area (Å²) in [5, 5.41) is 0.415. The molecule has 1 heterocycles. The van der Waals surface area contributed by atoms with Crippen LogP contribution in [0, 0.1) is 5.92 Å². The number of benzene rings is 2. The summed E-state index contributed by atoms with van der Waals surface area (Å²) in [5.74, 6) is 0.185. The fourth-order valence-electron chi connectivity index (χ4n) is 3.15. The second kappa shape index (κ2) is 9.34. The predicted octanol–water partition coefficient (Wildman–Crippen LogP) is 4.29. The van der Waals surface area contributed by atoms with Crippen molar-refractivity contribution in [3.8, 4) is 0 Å². The highest BCUT2D eigenvalue weighted by atomic mass is 35.5. The Hall–Kier alpha value is -1.80. The van der Waals surface area contributed by atoms with Crippen LogP contribution < -0.4 is 4.72 Å². The Balaban J connectivity index is 1.77. The van der Waals surface area contributed by atoms with Crippen LogP contribution in [0.4, 0.5) is 5.69 Å². The van der Waals surface area contributed by atoms with Gasteiger partial charge in [-0.25, -0.2) is 8.42 Å². The van der Waals surface area contributed by atoms with Gasteiger partial charge in [-0.1, -0.05) is 29.3 Å². The van der Waals surface area contributed by atoms with Gasteiger partial charge in [0.25, 0.3) is 15.9 Å². The quantitative estimate of drug-likeness (QED) is 0.673. The molecule has 1 atom stereocenters. The molecule has 0 aromatic heterocycles. The lowest BCUT2D eigenvalue weighted by molar-refractivity contribution is 0.0731. The fourth-order valence-corrected chi connectivity index (χ4v) is 4.59.